The molecule has 3 aliphatic rings. The molecule has 0 atom stereocenters. The minimum absolute atomic E-state index is 0.130. The van der Waals surface area contributed by atoms with Crippen molar-refractivity contribution in [2.45, 2.75) is 0 Å². The Labute approximate surface area is 427 Å². The molecular weight excluding hydrogens is 985 g/mol. The predicted octanol–water partition coefficient (Wildman–Crippen LogP) is 10.5. The maximum absolute atomic E-state index is 13.9. The third-order valence-electron chi connectivity index (χ3n) is 15.2. The number of carbonyl (C=O) groups excluding carboxylic acids is 8. The molecule has 14 nitrogen and oxygen atoms in total. The van der Waals surface area contributed by atoms with E-state index in [2.05, 4.69) is 33.4 Å². The van der Waals surface area contributed by atoms with E-state index in [1.165, 1.54) is 41.9 Å². The van der Waals surface area contributed by atoms with Gasteiger partial charge in [0.1, 0.15) is 0 Å². The quantitative estimate of drug-likeness (QED) is 0.0551. The van der Waals surface area contributed by atoms with Crippen molar-refractivity contribution in [2.24, 2.45) is 0 Å². The van der Waals surface area contributed by atoms with E-state index >= 15 is 0 Å². The highest BCUT2D eigenvalue weighted by atomic mass is 32.1. The maximum Gasteiger partial charge on any atom is 0.258 e. The summed E-state index contributed by atoms with van der Waals surface area (Å²) in [5.74, 6) is -3.97. The normalized spacial score (nSPS) is 14.0. The summed E-state index contributed by atoms with van der Waals surface area (Å²) in [5, 5.41) is 39.9. The van der Waals surface area contributed by atoms with Crippen molar-refractivity contribution in [3.63, 3.8) is 0 Å². The topological polar surface area (TPSA) is 232 Å². The average Bonchev–Trinajstić information content (AvgIpc) is 4.15. The maximum atomic E-state index is 13.9. The van der Waals surface area contributed by atoms with E-state index in [0.29, 0.717) is 115 Å². The smallest absolute Gasteiger partial charge is 0.258 e. The Morgan fingerprint density at radius 3 is 1.27 bits per heavy atom. The second-order valence-electron chi connectivity index (χ2n) is 18.7. The van der Waals surface area contributed by atoms with Crippen LogP contribution in [0.15, 0.2) is 97.1 Å². The Balaban J connectivity index is 0.994. The predicted molar refractivity (Wildman–Crippen MR) is 285 cm³/mol. The van der Waals surface area contributed by atoms with Crippen molar-refractivity contribution in [1.82, 2.24) is 21.3 Å². The first-order valence-electron chi connectivity index (χ1n) is 23.2. The SMILES string of the molecule is CNC(=O)c1cc(C#N)c2c3ccc4c5c(ccc(c6c(-c7ccc(-c8ccc(-c9cc%10c%11c(cc(C#N)c%12c%13ccc%14c%15c(ccc(c9c%11%12)c%15%13)C(=O)NC%14=O)C(=O)NC%10=O)s8)s7)cc(C=O)c1c26)c53)C(=O)NC4=O. The molecule has 16 heteroatoms. The van der Waals surface area contributed by atoms with Crippen LogP contribution in [0.1, 0.15) is 94.0 Å². The molecule has 0 radical (unpaired) electrons. The van der Waals surface area contributed by atoms with Crippen LogP contribution in [0.25, 0.3) is 117 Å². The fourth-order valence-corrected chi connectivity index (χ4v) is 14.4. The van der Waals surface area contributed by atoms with Crippen LogP contribution in [-0.2, 0) is 0 Å². The van der Waals surface area contributed by atoms with Crippen LogP contribution >= 0.6 is 22.7 Å². The van der Waals surface area contributed by atoms with E-state index in [1.54, 1.807) is 60.7 Å². The monoisotopic (exact) mass is 1010 g/mol. The summed E-state index contributed by atoms with van der Waals surface area (Å²) < 4.78 is 0. The van der Waals surface area contributed by atoms with Crippen molar-refractivity contribution in [3.05, 3.63) is 153 Å². The van der Waals surface area contributed by atoms with Crippen LogP contribution in [-0.4, -0.2) is 54.7 Å². The molecule has 0 fully saturated rings. The lowest BCUT2D eigenvalue weighted by Gasteiger charge is -2.25. The number of hydrogen-bond acceptors (Lipinski definition) is 12. The largest absolute Gasteiger partial charge is 0.355 e. The number of nitrogens with zero attached hydrogens (tertiary/aromatic N) is 2. The van der Waals surface area contributed by atoms with Gasteiger partial charge in [0.2, 0.25) is 0 Å². The van der Waals surface area contributed by atoms with Crippen LogP contribution in [0.2, 0.25) is 0 Å². The van der Waals surface area contributed by atoms with Gasteiger partial charge in [0.15, 0.2) is 6.29 Å². The Morgan fingerprint density at radius 2 is 0.813 bits per heavy atom. The van der Waals surface area contributed by atoms with Crippen LogP contribution in [0.5, 0.6) is 0 Å². The number of aldehydes is 1. The molecule has 0 unspecified atom stereocenters. The highest BCUT2D eigenvalue weighted by Crippen LogP contribution is 2.53. The molecule has 15 rings (SSSR count). The minimum atomic E-state index is -0.638. The van der Waals surface area contributed by atoms with E-state index < -0.39 is 41.4 Å². The molecule has 0 aliphatic carbocycles. The van der Waals surface area contributed by atoms with Gasteiger partial charge in [-0.15, -0.1) is 22.7 Å². The van der Waals surface area contributed by atoms with Gasteiger partial charge < -0.3 is 5.32 Å². The Hall–Kier alpha value is -10.3. The summed E-state index contributed by atoms with van der Waals surface area (Å²) in [7, 11) is 1.47. The molecule has 12 aromatic rings. The fourth-order valence-electron chi connectivity index (χ4n) is 12.3. The number of carbonyl (C=O) groups is 8. The molecule has 3 aliphatic heterocycles. The van der Waals surface area contributed by atoms with Crippen molar-refractivity contribution >= 4 is 156 Å². The molecular formula is C59H24N6O8S2. The van der Waals surface area contributed by atoms with E-state index in [4.69, 9.17) is 0 Å². The molecule has 5 heterocycles. The summed E-state index contributed by atoms with van der Waals surface area (Å²) in [6.07, 6.45) is 0.691. The summed E-state index contributed by atoms with van der Waals surface area (Å²) in [6.45, 7) is 0. The number of nitrogens with one attached hydrogen (secondary N) is 4. The average molecular weight is 1010 g/mol. The molecule has 2 aromatic heterocycles. The van der Waals surface area contributed by atoms with E-state index in [9.17, 15) is 48.9 Å². The van der Waals surface area contributed by atoms with Gasteiger partial charge in [-0.25, -0.2) is 0 Å². The highest BCUT2D eigenvalue weighted by Gasteiger charge is 2.35. The molecule has 0 bridgehead atoms. The van der Waals surface area contributed by atoms with E-state index in [0.717, 1.165) is 19.5 Å². The lowest BCUT2D eigenvalue weighted by atomic mass is 9.79. The Bertz CT molecular complexity index is 5010. The number of nitriles is 2. The summed E-state index contributed by atoms with van der Waals surface area (Å²) in [5.41, 5.74) is 3.47. The van der Waals surface area contributed by atoms with E-state index in [-0.39, 0.29) is 44.5 Å². The minimum Gasteiger partial charge on any atom is -0.355 e. The second kappa shape index (κ2) is 14.5. The van der Waals surface area contributed by atoms with Gasteiger partial charge in [0.25, 0.3) is 41.4 Å². The number of amides is 7. The zero-order chi connectivity index (χ0) is 51.2. The number of benzene rings is 10. The zero-order valence-corrected chi connectivity index (χ0v) is 39.9. The molecule has 0 spiro atoms. The van der Waals surface area contributed by atoms with Gasteiger partial charge >= 0.3 is 0 Å². The third-order valence-corrected chi connectivity index (χ3v) is 17.6. The van der Waals surface area contributed by atoms with Crippen molar-refractivity contribution in [3.8, 4) is 42.8 Å². The van der Waals surface area contributed by atoms with Gasteiger partial charge in [-0.2, -0.15) is 10.5 Å². The lowest BCUT2D eigenvalue weighted by Crippen LogP contribution is -2.35. The Morgan fingerprint density at radius 1 is 0.427 bits per heavy atom. The third kappa shape index (κ3) is 5.22. The molecule has 10 aromatic carbocycles. The summed E-state index contributed by atoms with van der Waals surface area (Å²) in [4.78, 5) is 111. The van der Waals surface area contributed by atoms with Gasteiger partial charge in [-0.1, -0.05) is 24.3 Å². The molecule has 0 saturated heterocycles. The van der Waals surface area contributed by atoms with Crippen molar-refractivity contribution in [1.29, 1.82) is 10.5 Å². The van der Waals surface area contributed by atoms with Gasteiger partial charge in [0, 0.05) is 125 Å². The Kier molecular flexibility index (Phi) is 8.18. The fraction of sp³-hybridized carbons (Fsp3) is 0.0169. The van der Waals surface area contributed by atoms with Crippen LogP contribution < -0.4 is 21.3 Å². The molecule has 75 heavy (non-hydrogen) atoms. The first-order chi connectivity index (χ1) is 36.4. The van der Waals surface area contributed by atoms with Crippen LogP contribution in [0.4, 0.5) is 0 Å². The number of thiophene rings is 2. The molecule has 7 amide bonds. The molecule has 4 N–H and O–H groups in total. The standard InChI is InChI=1S/C59H24N6O8S2/c1-62-53(67)34-14-21(18-60)41-24-2-6-28-48-30(56(70)63-54(28)68)8-4-26(44(24)48)46-32(16-23(20-66)43(34)51(41)46)37-10-12-39(74-37)40-13-11-38(75-40)33-17-36-50-35(58(72)65-59(36)73)15-22(19-61)42-25-3-7-29-49-31(57(71)64-55(29)69)9-5-27(45(25)49)47(33)52(42)50/h2-17,20H,1H3,(H,62,67)(H,63,68,70)(H,64,69,71)(H,65,72,73). The first kappa shape index (κ1) is 42.4. The molecule has 0 saturated carbocycles. The lowest BCUT2D eigenvalue weighted by molar-refractivity contribution is 0.0828. The summed E-state index contributed by atoms with van der Waals surface area (Å²) >= 11 is 2.86. The second-order valence-corrected chi connectivity index (χ2v) is 20.8. The molecule has 350 valence electrons. The zero-order valence-electron chi connectivity index (χ0n) is 38.3. The number of imide groups is 3. The summed E-state index contributed by atoms with van der Waals surface area (Å²) in [6, 6.07) is 32.4. The highest BCUT2D eigenvalue weighted by molar-refractivity contribution is 7.25. The van der Waals surface area contributed by atoms with E-state index in [1.807, 2.05) is 24.3 Å². The first-order valence-corrected chi connectivity index (χ1v) is 24.9. The van der Waals surface area contributed by atoms with Crippen LogP contribution in [0.3, 0.4) is 0 Å². The number of rotatable bonds is 5. The van der Waals surface area contributed by atoms with Crippen LogP contribution in [0, 0.1) is 22.7 Å². The number of fused-ring (bicyclic) bond motifs is 4. The van der Waals surface area contributed by atoms with Crippen molar-refractivity contribution < 1.29 is 38.4 Å². The van der Waals surface area contributed by atoms with Crippen molar-refractivity contribution in [2.75, 3.05) is 7.05 Å². The van der Waals surface area contributed by atoms with Gasteiger partial charge in [-0.05, 0) is 116 Å². The van der Waals surface area contributed by atoms with Gasteiger partial charge in [0.05, 0.1) is 23.3 Å². The van der Waals surface area contributed by atoms with Gasteiger partial charge in [-0.3, -0.25) is 54.3 Å². The number of hydrogen-bond donors (Lipinski definition) is 4.